The molecule has 0 amide bonds. The normalized spacial score (nSPS) is 25.7. The van der Waals surface area contributed by atoms with Gasteiger partial charge in [-0.2, -0.15) is 0 Å². The summed E-state index contributed by atoms with van der Waals surface area (Å²) in [6, 6.07) is 55.5. The first-order chi connectivity index (χ1) is 35.7. The highest BCUT2D eigenvalue weighted by Crippen LogP contribution is 2.64. The van der Waals surface area contributed by atoms with Crippen LogP contribution in [0.25, 0.3) is 10.1 Å². The summed E-state index contributed by atoms with van der Waals surface area (Å²) < 4.78 is 1.44. The Morgan fingerprint density at radius 1 is 0.453 bits per heavy atom. The summed E-state index contributed by atoms with van der Waals surface area (Å²) in [7, 11) is 0. The Morgan fingerprint density at radius 2 is 0.973 bits per heavy atom. The van der Waals surface area contributed by atoms with Crippen LogP contribution in [0.4, 0.5) is 50.5 Å². The van der Waals surface area contributed by atoms with Gasteiger partial charge in [0.05, 0.1) is 10.7 Å². The van der Waals surface area contributed by atoms with Crippen LogP contribution in [0, 0.1) is 0 Å². The van der Waals surface area contributed by atoms with Gasteiger partial charge >= 0.3 is 0 Å². The van der Waals surface area contributed by atoms with Crippen molar-refractivity contribution in [2.45, 2.75) is 165 Å². The van der Waals surface area contributed by atoms with E-state index in [-0.39, 0.29) is 44.6 Å². The van der Waals surface area contributed by atoms with Crippen LogP contribution in [-0.4, -0.2) is 6.71 Å². The molecule has 0 spiro atoms. The number of anilines is 9. The smallest absolute Gasteiger partial charge is 0.254 e. The minimum absolute atomic E-state index is 0.0277. The molecule has 0 radical (unpaired) electrons. The molecule has 7 aliphatic rings. The van der Waals surface area contributed by atoms with E-state index >= 15 is 0 Å². The first-order valence-corrected chi connectivity index (χ1v) is 29.2. The predicted molar refractivity (Wildman–Crippen MR) is 322 cm³/mol. The number of nitrogens with zero attached hydrogens (tertiary/aromatic N) is 3. The summed E-state index contributed by atoms with van der Waals surface area (Å²) in [4.78, 5) is 7.98. The van der Waals surface area contributed by atoms with Crippen LogP contribution in [0.2, 0.25) is 0 Å². The van der Waals surface area contributed by atoms with Gasteiger partial charge in [0.15, 0.2) is 0 Å². The van der Waals surface area contributed by atoms with Crippen LogP contribution < -0.4 is 31.1 Å². The van der Waals surface area contributed by atoms with Crippen LogP contribution in [0.1, 0.15) is 166 Å². The minimum atomic E-state index is 0.0277. The average molecular weight is 998 g/mol. The van der Waals surface area contributed by atoms with Gasteiger partial charge in [-0.05, 0) is 229 Å². The summed E-state index contributed by atoms with van der Waals surface area (Å²) in [6.07, 6.45) is 9.91. The first-order valence-electron chi connectivity index (χ1n) is 28.4. The van der Waals surface area contributed by atoms with Crippen molar-refractivity contribution in [1.29, 1.82) is 0 Å². The largest absolute Gasteiger partial charge is 0.311 e. The molecule has 2 saturated carbocycles. The molecule has 0 N–H and O–H groups in total. The lowest BCUT2D eigenvalue weighted by atomic mass is 9.33. The Kier molecular flexibility index (Phi) is 9.20. The zero-order valence-electron chi connectivity index (χ0n) is 46.3. The number of thiophene rings is 1. The molecule has 0 saturated heterocycles. The topological polar surface area (TPSA) is 9.72 Å². The van der Waals surface area contributed by atoms with E-state index in [4.69, 9.17) is 0 Å². The molecule has 2 aliphatic heterocycles. The Bertz CT molecular complexity index is 3710. The Labute approximate surface area is 451 Å². The molecule has 376 valence electrons. The Morgan fingerprint density at radius 3 is 1.56 bits per heavy atom. The van der Waals surface area contributed by atoms with Crippen molar-refractivity contribution in [3.63, 3.8) is 0 Å². The third-order valence-electron chi connectivity index (χ3n) is 20.9. The monoisotopic (exact) mass is 998 g/mol. The lowest BCUT2D eigenvalue weighted by Gasteiger charge is -2.46. The van der Waals surface area contributed by atoms with Crippen LogP contribution in [0.15, 0.2) is 140 Å². The molecule has 5 aliphatic carbocycles. The second-order valence-electron chi connectivity index (χ2n) is 28.1. The summed E-state index contributed by atoms with van der Waals surface area (Å²) >= 11 is 2.06. The zero-order valence-corrected chi connectivity index (χ0v) is 47.1. The van der Waals surface area contributed by atoms with Gasteiger partial charge in [-0.15, -0.1) is 11.3 Å². The fourth-order valence-electron chi connectivity index (χ4n) is 16.8. The lowest BCUT2D eigenvalue weighted by molar-refractivity contribution is 0.332. The van der Waals surface area contributed by atoms with Crippen molar-refractivity contribution in [1.82, 2.24) is 0 Å². The van der Waals surface area contributed by atoms with E-state index in [1.165, 1.54) is 128 Å². The summed E-state index contributed by atoms with van der Waals surface area (Å²) in [5, 5.41) is 2.84. The van der Waals surface area contributed by atoms with Crippen molar-refractivity contribution in [2.75, 3.05) is 14.7 Å². The maximum absolute atomic E-state index is 2.77. The van der Waals surface area contributed by atoms with Gasteiger partial charge in [0.1, 0.15) is 0 Å². The highest BCUT2D eigenvalue weighted by molar-refractivity contribution is 7.26. The molecular formula is C70H72BN3S. The van der Waals surface area contributed by atoms with Gasteiger partial charge < -0.3 is 14.7 Å². The highest BCUT2D eigenvalue weighted by Gasteiger charge is 2.57. The van der Waals surface area contributed by atoms with Crippen LogP contribution in [-0.2, 0) is 37.9 Å². The van der Waals surface area contributed by atoms with Crippen molar-refractivity contribution in [3.05, 3.63) is 178 Å². The van der Waals surface area contributed by atoms with E-state index in [0.29, 0.717) is 0 Å². The summed E-state index contributed by atoms with van der Waals surface area (Å²) in [5.41, 5.74) is 25.9. The number of para-hydroxylation sites is 2. The quantitative estimate of drug-likeness (QED) is 0.159. The second kappa shape index (κ2) is 14.9. The van der Waals surface area contributed by atoms with E-state index in [0.717, 1.165) is 17.1 Å². The first kappa shape index (κ1) is 46.3. The molecule has 7 aromatic carbocycles. The number of rotatable bonds is 5. The number of benzene rings is 7. The van der Waals surface area contributed by atoms with Crippen LogP contribution in [0.3, 0.4) is 0 Å². The van der Waals surface area contributed by atoms with Gasteiger partial charge in [0.2, 0.25) is 0 Å². The maximum atomic E-state index is 2.77. The molecule has 5 heteroatoms. The lowest BCUT2D eigenvalue weighted by Crippen LogP contribution is -2.61. The van der Waals surface area contributed by atoms with E-state index in [1.54, 1.807) is 22.3 Å². The molecule has 75 heavy (non-hydrogen) atoms. The standard InChI is InChI=1S/C70H72BN3S/c1-64(2,3)43-22-24-46(25-23-43)73-57-39-54-53(68(9)31-32-69(54,10)42-68)38-56(57)71-61-49-37-52-55(70(11)33-30-67(52,8)41-70)40-60(49)75-63(61)74(47-26-27-50-51(34-47)66(6,7)29-28-65(50,4)5)59-36-48(35-58(73)62(59)71)72(44-18-14-12-15-19-44)45-20-16-13-17-21-45/h12-27,34-40H,28-33,41-42H2,1-11H3. The maximum Gasteiger partial charge on any atom is 0.254 e. The summed E-state index contributed by atoms with van der Waals surface area (Å²) in [5.74, 6) is 0. The van der Waals surface area contributed by atoms with Gasteiger partial charge in [0.25, 0.3) is 6.71 Å². The number of fused-ring (bicyclic) bond motifs is 17. The van der Waals surface area contributed by atoms with E-state index in [2.05, 4.69) is 242 Å². The fraction of sp³-hybridized carbons (Fsp3) is 0.371. The molecule has 4 bridgehead atoms. The average Bonchev–Trinajstić information content (AvgIpc) is 4.14. The van der Waals surface area contributed by atoms with Gasteiger partial charge in [-0.1, -0.05) is 137 Å². The minimum Gasteiger partial charge on any atom is -0.311 e. The number of hydrogen-bond donors (Lipinski definition) is 0. The molecule has 3 nitrogen and oxygen atoms in total. The fourth-order valence-corrected chi connectivity index (χ4v) is 18.1. The molecule has 3 heterocycles. The van der Waals surface area contributed by atoms with Crippen molar-refractivity contribution < 1.29 is 0 Å². The molecule has 1 aromatic heterocycles. The highest BCUT2D eigenvalue weighted by atomic mass is 32.1. The van der Waals surface area contributed by atoms with E-state index < -0.39 is 0 Å². The third kappa shape index (κ3) is 6.34. The summed E-state index contributed by atoms with van der Waals surface area (Å²) in [6.45, 7) is 27.3. The van der Waals surface area contributed by atoms with E-state index in [9.17, 15) is 0 Å². The van der Waals surface area contributed by atoms with Gasteiger partial charge in [-0.3, -0.25) is 0 Å². The molecule has 8 aromatic rings. The predicted octanol–water partition coefficient (Wildman–Crippen LogP) is 17.5. The van der Waals surface area contributed by atoms with Crippen molar-refractivity contribution in [3.8, 4) is 0 Å². The molecule has 4 atom stereocenters. The van der Waals surface area contributed by atoms with Crippen molar-refractivity contribution >= 4 is 95.0 Å². The number of hydrogen-bond acceptors (Lipinski definition) is 4. The van der Waals surface area contributed by atoms with Crippen molar-refractivity contribution in [2.24, 2.45) is 0 Å². The third-order valence-corrected chi connectivity index (χ3v) is 22.1. The van der Waals surface area contributed by atoms with Crippen LogP contribution in [0.5, 0.6) is 0 Å². The van der Waals surface area contributed by atoms with E-state index in [1.807, 2.05) is 0 Å². The molecular weight excluding hydrogens is 926 g/mol. The van der Waals surface area contributed by atoms with Gasteiger partial charge in [0, 0.05) is 44.5 Å². The zero-order chi connectivity index (χ0) is 51.6. The molecule has 4 unspecified atom stereocenters. The molecule has 15 rings (SSSR count). The Hall–Kier alpha value is -6.04. The van der Waals surface area contributed by atoms with Gasteiger partial charge in [-0.25, -0.2) is 0 Å². The second-order valence-corrected chi connectivity index (χ2v) is 29.1. The molecule has 2 fully saturated rings. The van der Waals surface area contributed by atoms with Crippen LogP contribution >= 0.6 is 11.3 Å². The Balaban J connectivity index is 1.10. The SMILES string of the molecule is CC(C)(C)c1ccc(N2c3cc4c(cc3B3c5c2cc(N(c2ccccc2)c2ccccc2)cc5N(c2ccc5c(c2)C(C)(C)CCC5(C)C)c2sc5cc6c(cc5c23)C2(C)CCC6(C)C2)C2(C)CCC4(C)C2)cc1.